The lowest BCUT2D eigenvalue weighted by molar-refractivity contribution is 0.0506. The fourth-order valence-corrected chi connectivity index (χ4v) is 3.35. The summed E-state index contributed by atoms with van der Waals surface area (Å²) >= 11 is 6.46. The van der Waals surface area contributed by atoms with Gasteiger partial charge in [-0.1, -0.05) is 35.9 Å². The average molecular weight is 374 g/mol. The van der Waals surface area contributed by atoms with Gasteiger partial charge in [-0.15, -0.1) is 0 Å². The predicted octanol–water partition coefficient (Wildman–Crippen LogP) is 5.14. The van der Waals surface area contributed by atoms with E-state index >= 15 is 0 Å². The summed E-state index contributed by atoms with van der Waals surface area (Å²) in [6, 6.07) is 12.3. The molecule has 1 atom stereocenters. The number of fused-ring (bicyclic) bond motifs is 1. The number of benzene rings is 2. The van der Waals surface area contributed by atoms with E-state index in [4.69, 9.17) is 21.1 Å². The van der Waals surface area contributed by atoms with E-state index in [9.17, 15) is 4.79 Å². The minimum atomic E-state index is -0.519. The van der Waals surface area contributed by atoms with Crippen molar-refractivity contribution < 1.29 is 14.3 Å². The SMILES string of the molecule is Cc1ccccc1-c1cc(Cl)c2c(c1)CC(CNC(=O)OC(C)(C)C)O2. The summed E-state index contributed by atoms with van der Waals surface area (Å²) in [6.07, 6.45) is 0.107. The van der Waals surface area contributed by atoms with Crippen molar-refractivity contribution in [3.63, 3.8) is 0 Å². The van der Waals surface area contributed by atoms with Crippen LogP contribution in [0.4, 0.5) is 4.79 Å². The molecule has 0 saturated carbocycles. The molecule has 0 fully saturated rings. The van der Waals surface area contributed by atoms with Crippen LogP contribution in [-0.2, 0) is 11.2 Å². The van der Waals surface area contributed by atoms with Gasteiger partial charge in [-0.2, -0.15) is 0 Å². The van der Waals surface area contributed by atoms with Crippen LogP contribution in [0.15, 0.2) is 36.4 Å². The van der Waals surface area contributed by atoms with E-state index in [2.05, 4.69) is 30.4 Å². The second kappa shape index (κ2) is 7.20. The molecule has 2 aromatic rings. The molecule has 3 rings (SSSR count). The first-order valence-corrected chi connectivity index (χ1v) is 9.12. The molecular formula is C21H24ClNO3. The molecule has 1 amide bonds. The lowest BCUT2D eigenvalue weighted by Gasteiger charge is -2.20. The second-order valence-electron chi connectivity index (χ2n) is 7.59. The Kier molecular flexibility index (Phi) is 5.15. The number of halogens is 1. The molecule has 1 unspecified atom stereocenters. The quantitative estimate of drug-likeness (QED) is 0.809. The van der Waals surface area contributed by atoms with Crippen LogP contribution in [0.3, 0.4) is 0 Å². The highest BCUT2D eigenvalue weighted by atomic mass is 35.5. The molecule has 5 heteroatoms. The van der Waals surface area contributed by atoms with Crippen molar-refractivity contribution in [3.05, 3.63) is 52.5 Å². The Morgan fingerprint density at radius 2 is 2.04 bits per heavy atom. The van der Waals surface area contributed by atoms with Crippen molar-refractivity contribution in [1.29, 1.82) is 0 Å². The molecular weight excluding hydrogens is 350 g/mol. The predicted molar refractivity (Wildman–Crippen MR) is 104 cm³/mol. The maximum Gasteiger partial charge on any atom is 0.407 e. The van der Waals surface area contributed by atoms with Gasteiger partial charge in [-0.05, 0) is 56.5 Å². The topological polar surface area (TPSA) is 47.6 Å². The summed E-state index contributed by atoms with van der Waals surface area (Å²) in [5.41, 5.74) is 3.98. The fourth-order valence-electron chi connectivity index (χ4n) is 3.07. The van der Waals surface area contributed by atoms with Crippen LogP contribution < -0.4 is 10.1 Å². The zero-order valence-electron chi connectivity index (χ0n) is 15.6. The van der Waals surface area contributed by atoms with Gasteiger partial charge in [0.05, 0.1) is 11.6 Å². The van der Waals surface area contributed by atoms with Crippen LogP contribution in [0.25, 0.3) is 11.1 Å². The van der Waals surface area contributed by atoms with Crippen LogP contribution >= 0.6 is 11.6 Å². The number of ether oxygens (including phenoxy) is 2. The highest BCUT2D eigenvalue weighted by Crippen LogP contribution is 2.40. The van der Waals surface area contributed by atoms with Crippen LogP contribution in [0.2, 0.25) is 5.02 Å². The standard InChI is InChI=1S/C21H24ClNO3/c1-13-7-5-6-8-17(13)14-9-15-10-16(25-19(15)18(22)11-14)12-23-20(24)26-21(2,3)4/h5-9,11,16H,10,12H2,1-4H3,(H,23,24). The summed E-state index contributed by atoms with van der Waals surface area (Å²) in [5.74, 6) is 0.708. The van der Waals surface area contributed by atoms with Gasteiger partial charge in [0.15, 0.2) is 0 Å². The van der Waals surface area contributed by atoms with Gasteiger partial charge in [0, 0.05) is 12.0 Å². The first kappa shape index (κ1) is 18.6. The van der Waals surface area contributed by atoms with E-state index in [0.29, 0.717) is 23.7 Å². The molecule has 1 N–H and O–H groups in total. The van der Waals surface area contributed by atoms with Gasteiger partial charge in [0.1, 0.15) is 17.5 Å². The maximum absolute atomic E-state index is 11.8. The third-order valence-electron chi connectivity index (χ3n) is 4.18. The highest BCUT2D eigenvalue weighted by Gasteiger charge is 2.27. The third-order valence-corrected chi connectivity index (χ3v) is 4.46. The van der Waals surface area contributed by atoms with Crippen LogP contribution in [0.5, 0.6) is 5.75 Å². The van der Waals surface area contributed by atoms with Crippen molar-refractivity contribution in [2.75, 3.05) is 6.54 Å². The molecule has 0 aliphatic carbocycles. The lowest BCUT2D eigenvalue weighted by atomic mass is 9.97. The molecule has 1 heterocycles. The van der Waals surface area contributed by atoms with Crippen molar-refractivity contribution in [2.45, 2.75) is 45.8 Å². The zero-order valence-corrected chi connectivity index (χ0v) is 16.3. The van der Waals surface area contributed by atoms with Crippen LogP contribution in [0, 0.1) is 6.92 Å². The Hall–Kier alpha value is -2.20. The zero-order chi connectivity index (χ0) is 18.9. The number of hydrogen-bond acceptors (Lipinski definition) is 3. The average Bonchev–Trinajstić information content (AvgIpc) is 2.95. The molecule has 1 aliphatic heterocycles. The molecule has 138 valence electrons. The molecule has 1 aliphatic rings. The first-order chi connectivity index (χ1) is 12.2. The molecule has 0 saturated heterocycles. The van der Waals surface area contributed by atoms with Gasteiger partial charge in [0.25, 0.3) is 0 Å². The smallest absolute Gasteiger partial charge is 0.407 e. The second-order valence-corrected chi connectivity index (χ2v) is 8.00. The third kappa shape index (κ3) is 4.31. The first-order valence-electron chi connectivity index (χ1n) is 8.75. The number of alkyl carbamates (subject to hydrolysis) is 1. The van der Waals surface area contributed by atoms with Crippen LogP contribution in [-0.4, -0.2) is 24.3 Å². The molecule has 2 aromatic carbocycles. The Morgan fingerprint density at radius 1 is 1.31 bits per heavy atom. The maximum atomic E-state index is 11.8. The van der Waals surface area contributed by atoms with Crippen LogP contribution in [0.1, 0.15) is 31.9 Å². The summed E-state index contributed by atoms with van der Waals surface area (Å²) in [7, 11) is 0. The number of hydrogen-bond donors (Lipinski definition) is 1. The monoisotopic (exact) mass is 373 g/mol. The van der Waals surface area contributed by atoms with E-state index in [-0.39, 0.29) is 6.10 Å². The van der Waals surface area contributed by atoms with E-state index in [0.717, 1.165) is 16.7 Å². The minimum Gasteiger partial charge on any atom is -0.486 e. The van der Waals surface area contributed by atoms with E-state index in [1.165, 1.54) is 5.56 Å². The molecule has 0 bridgehead atoms. The Morgan fingerprint density at radius 3 is 2.73 bits per heavy atom. The summed E-state index contributed by atoms with van der Waals surface area (Å²) in [5, 5.41) is 3.36. The van der Waals surface area contributed by atoms with E-state index in [1.54, 1.807) is 0 Å². The number of nitrogens with one attached hydrogen (secondary N) is 1. The summed E-state index contributed by atoms with van der Waals surface area (Å²) in [6.45, 7) is 7.96. The molecule has 4 nitrogen and oxygen atoms in total. The number of carbonyl (C=O) groups is 1. The minimum absolute atomic E-state index is 0.151. The van der Waals surface area contributed by atoms with Gasteiger partial charge >= 0.3 is 6.09 Å². The largest absolute Gasteiger partial charge is 0.486 e. The van der Waals surface area contributed by atoms with Crippen molar-refractivity contribution in [1.82, 2.24) is 5.32 Å². The van der Waals surface area contributed by atoms with Crippen molar-refractivity contribution in [3.8, 4) is 16.9 Å². The Bertz CT molecular complexity index is 826. The number of aryl methyl sites for hydroxylation is 1. The number of carbonyl (C=O) groups excluding carboxylic acids is 1. The van der Waals surface area contributed by atoms with E-state index < -0.39 is 11.7 Å². The number of rotatable bonds is 3. The molecule has 0 radical (unpaired) electrons. The molecule has 26 heavy (non-hydrogen) atoms. The van der Waals surface area contributed by atoms with E-state index in [1.807, 2.05) is 39.0 Å². The number of amides is 1. The van der Waals surface area contributed by atoms with Crippen molar-refractivity contribution >= 4 is 17.7 Å². The van der Waals surface area contributed by atoms with Gasteiger partial charge in [-0.3, -0.25) is 0 Å². The lowest BCUT2D eigenvalue weighted by Crippen LogP contribution is -2.38. The summed E-state index contributed by atoms with van der Waals surface area (Å²) in [4.78, 5) is 11.8. The van der Waals surface area contributed by atoms with Gasteiger partial charge < -0.3 is 14.8 Å². The summed E-state index contributed by atoms with van der Waals surface area (Å²) < 4.78 is 11.2. The fraction of sp³-hybridized carbons (Fsp3) is 0.381. The Balaban J connectivity index is 1.70. The van der Waals surface area contributed by atoms with Gasteiger partial charge in [-0.25, -0.2) is 4.79 Å². The highest BCUT2D eigenvalue weighted by molar-refractivity contribution is 6.32. The normalized spacial score (nSPS) is 16.0. The Labute approximate surface area is 159 Å². The van der Waals surface area contributed by atoms with Gasteiger partial charge in [0.2, 0.25) is 0 Å². The molecule has 0 aromatic heterocycles. The molecule has 0 spiro atoms. The van der Waals surface area contributed by atoms with Crippen molar-refractivity contribution in [2.24, 2.45) is 0 Å².